The van der Waals surface area contributed by atoms with Crippen LogP contribution in [-0.2, 0) is 17.8 Å². The summed E-state index contributed by atoms with van der Waals surface area (Å²) in [6.07, 6.45) is 2.44. The summed E-state index contributed by atoms with van der Waals surface area (Å²) in [6, 6.07) is 18.8. The van der Waals surface area contributed by atoms with Gasteiger partial charge in [-0.1, -0.05) is 42.1 Å². The maximum Gasteiger partial charge on any atom is 0.262 e. The lowest BCUT2D eigenvalue weighted by Gasteiger charge is -2.18. The van der Waals surface area contributed by atoms with Gasteiger partial charge in [0.15, 0.2) is 5.16 Å². The van der Waals surface area contributed by atoms with Crippen molar-refractivity contribution >= 4 is 34.3 Å². The first-order chi connectivity index (χ1) is 14.7. The van der Waals surface area contributed by atoms with Gasteiger partial charge in [-0.05, 0) is 42.3 Å². The minimum Gasteiger partial charge on any atom is -0.467 e. The topological polar surface area (TPSA) is 68.3 Å². The molecule has 1 aliphatic rings. The molecule has 7 heteroatoms. The van der Waals surface area contributed by atoms with Crippen molar-refractivity contribution in [2.45, 2.75) is 18.1 Å². The van der Waals surface area contributed by atoms with Gasteiger partial charge in [0.25, 0.3) is 5.56 Å². The lowest BCUT2D eigenvalue weighted by molar-refractivity contribution is -0.116. The van der Waals surface area contributed by atoms with Gasteiger partial charge in [-0.25, -0.2) is 4.98 Å². The molecule has 0 saturated carbocycles. The number of furan rings is 1. The molecule has 0 aliphatic carbocycles. The molecule has 6 nitrogen and oxygen atoms in total. The molecular weight excluding hydrogens is 398 g/mol. The van der Waals surface area contributed by atoms with Gasteiger partial charge in [0, 0.05) is 12.2 Å². The number of fused-ring (bicyclic) bond motifs is 2. The predicted octanol–water partition coefficient (Wildman–Crippen LogP) is 3.72. The number of carbonyl (C=O) groups excluding carboxylic acids is 1. The number of amides is 1. The minimum atomic E-state index is -0.140. The molecule has 30 heavy (non-hydrogen) atoms. The quantitative estimate of drug-likeness (QED) is 0.366. The largest absolute Gasteiger partial charge is 0.467 e. The fourth-order valence-electron chi connectivity index (χ4n) is 3.76. The highest BCUT2D eigenvalue weighted by Gasteiger charge is 2.24. The number of rotatable bonds is 5. The number of nitrogens with zero attached hydrogens (tertiary/aromatic N) is 3. The zero-order valence-electron chi connectivity index (χ0n) is 16.2. The van der Waals surface area contributed by atoms with E-state index in [2.05, 4.69) is 11.1 Å². The Bertz CT molecular complexity index is 1280. The van der Waals surface area contributed by atoms with Crippen molar-refractivity contribution in [3.05, 3.63) is 88.6 Å². The van der Waals surface area contributed by atoms with Crippen LogP contribution in [0.5, 0.6) is 0 Å². The normalized spacial score (nSPS) is 13.0. The third kappa shape index (κ3) is 3.41. The van der Waals surface area contributed by atoms with Crippen LogP contribution in [0.1, 0.15) is 11.3 Å². The van der Waals surface area contributed by atoms with E-state index in [1.165, 1.54) is 17.3 Å². The Hall–Kier alpha value is -3.32. The van der Waals surface area contributed by atoms with Gasteiger partial charge in [0.2, 0.25) is 5.91 Å². The van der Waals surface area contributed by atoms with Gasteiger partial charge >= 0.3 is 0 Å². The van der Waals surface area contributed by atoms with Crippen LogP contribution in [0.2, 0.25) is 0 Å². The number of hydrogen-bond donors (Lipinski definition) is 0. The Morgan fingerprint density at radius 2 is 1.90 bits per heavy atom. The van der Waals surface area contributed by atoms with Gasteiger partial charge in [0.1, 0.15) is 5.76 Å². The van der Waals surface area contributed by atoms with Gasteiger partial charge in [-0.2, -0.15) is 0 Å². The number of anilines is 1. The summed E-state index contributed by atoms with van der Waals surface area (Å²) in [5.41, 5.74) is 2.65. The van der Waals surface area contributed by atoms with Crippen molar-refractivity contribution in [1.82, 2.24) is 9.55 Å². The second kappa shape index (κ2) is 7.84. The van der Waals surface area contributed by atoms with Crippen LogP contribution in [0.3, 0.4) is 0 Å². The Kier molecular flexibility index (Phi) is 4.88. The number of carbonyl (C=O) groups is 1. The Morgan fingerprint density at radius 1 is 1.07 bits per heavy atom. The van der Waals surface area contributed by atoms with Gasteiger partial charge in [-0.15, -0.1) is 0 Å². The van der Waals surface area contributed by atoms with Crippen molar-refractivity contribution in [2.75, 3.05) is 17.2 Å². The van der Waals surface area contributed by atoms with Crippen LogP contribution in [0.25, 0.3) is 10.9 Å². The highest BCUT2D eigenvalue weighted by atomic mass is 32.2. The average molecular weight is 417 g/mol. The zero-order chi connectivity index (χ0) is 20.5. The first-order valence-electron chi connectivity index (χ1n) is 9.74. The summed E-state index contributed by atoms with van der Waals surface area (Å²) in [5, 5.41) is 1.06. The highest BCUT2D eigenvalue weighted by Crippen LogP contribution is 2.29. The fourth-order valence-corrected chi connectivity index (χ4v) is 4.63. The summed E-state index contributed by atoms with van der Waals surface area (Å²) in [7, 11) is 0. The van der Waals surface area contributed by atoms with E-state index in [0.29, 0.717) is 28.4 Å². The molecular formula is C23H19N3O3S. The highest BCUT2D eigenvalue weighted by molar-refractivity contribution is 7.99. The number of para-hydroxylation sites is 2. The van der Waals surface area contributed by atoms with Crippen LogP contribution in [0, 0.1) is 0 Å². The van der Waals surface area contributed by atoms with Crippen molar-refractivity contribution in [3.8, 4) is 0 Å². The van der Waals surface area contributed by atoms with E-state index in [9.17, 15) is 9.59 Å². The molecule has 0 radical (unpaired) electrons. The van der Waals surface area contributed by atoms with E-state index in [4.69, 9.17) is 4.42 Å². The molecule has 0 saturated heterocycles. The summed E-state index contributed by atoms with van der Waals surface area (Å²) < 4.78 is 7.01. The van der Waals surface area contributed by atoms with E-state index in [0.717, 1.165) is 12.1 Å². The van der Waals surface area contributed by atoms with Crippen molar-refractivity contribution < 1.29 is 9.21 Å². The average Bonchev–Trinajstić information content (AvgIpc) is 3.44. The molecule has 5 rings (SSSR count). The van der Waals surface area contributed by atoms with E-state index < -0.39 is 0 Å². The molecule has 0 bridgehead atoms. The van der Waals surface area contributed by atoms with E-state index in [1.807, 2.05) is 47.4 Å². The third-order valence-corrected chi connectivity index (χ3v) is 6.19. The molecule has 0 N–H and O–H groups in total. The van der Waals surface area contributed by atoms with Crippen molar-refractivity contribution in [2.24, 2.45) is 0 Å². The Labute approximate surface area is 177 Å². The van der Waals surface area contributed by atoms with Crippen LogP contribution >= 0.6 is 11.8 Å². The van der Waals surface area contributed by atoms with Gasteiger partial charge in [0.05, 0.1) is 29.5 Å². The summed E-state index contributed by atoms with van der Waals surface area (Å²) >= 11 is 1.29. The van der Waals surface area contributed by atoms with Crippen LogP contribution in [0.15, 0.2) is 81.3 Å². The molecule has 4 aromatic rings. The first kappa shape index (κ1) is 18.7. The molecule has 150 valence electrons. The zero-order valence-corrected chi connectivity index (χ0v) is 17.0. The monoisotopic (exact) mass is 417 g/mol. The maximum atomic E-state index is 13.1. The third-order valence-electron chi connectivity index (χ3n) is 5.23. The van der Waals surface area contributed by atoms with Crippen LogP contribution in [-0.4, -0.2) is 27.8 Å². The predicted molar refractivity (Wildman–Crippen MR) is 117 cm³/mol. The van der Waals surface area contributed by atoms with Crippen molar-refractivity contribution in [1.29, 1.82) is 0 Å². The number of hydrogen-bond acceptors (Lipinski definition) is 5. The Balaban J connectivity index is 1.45. The summed E-state index contributed by atoms with van der Waals surface area (Å²) in [4.78, 5) is 32.5. The van der Waals surface area contributed by atoms with E-state index in [1.54, 1.807) is 23.0 Å². The molecule has 0 unspecified atom stereocenters. The molecule has 2 aromatic heterocycles. The molecule has 0 atom stereocenters. The number of aromatic nitrogens is 2. The van der Waals surface area contributed by atoms with Crippen LogP contribution in [0.4, 0.5) is 5.69 Å². The molecule has 1 aliphatic heterocycles. The standard InChI is InChI=1S/C23H19N3O3S/c27-21(25-12-11-16-6-1-4-10-20(16)25)15-30-23-24-19-9-3-2-8-18(19)22(28)26(23)14-17-7-5-13-29-17/h1-10,13H,11-12,14-15H2. The van der Waals surface area contributed by atoms with Gasteiger partial charge < -0.3 is 9.32 Å². The van der Waals surface area contributed by atoms with E-state index >= 15 is 0 Å². The number of benzene rings is 2. The lowest BCUT2D eigenvalue weighted by Crippen LogP contribution is -2.31. The fraction of sp³-hybridized carbons (Fsp3) is 0.174. The lowest BCUT2D eigenvalue weighted by atomic mass is 10.2. The minimum absolute atomic E-state index is 0.0110. The summed E-state index contributed by atoms with van der Waals surface area (Å²) in [6.45, 7) is 0.954. The van der Waals surface area contributed by atoms with Crippen molar-refractivity contribution in [3.63, 3.8) is 0 Å². The molecule has 0 fully saturated rings. The second-order valence-electron chi connectivity index (χ2n) is 7.09. The van der Waals surface area contributed by atoms with Gasteiger partial charge in [-0.3, -0.25) is 14.2 Å². The molecule has 2 aromatic carbocycles. The molecule has 3 heterocycles. The molecule has 1 amide bonds. The SMILES string of the molecule is O=C(CSc1nc2ccccc2c(=O)n1Cc1ccco1)N1CCc2ccccc21. The molecule has 0 spiro atoms. The first-order valence-corrected chi connectivity index (χ1v) is 10.7. The Morgan fingerprint density at radius 3 is 2.77 bits per heavy atom. The summed E-state index contributed by atoms with van der Waals surface area (Å²) in [5.74, 6) is 0.879. The number of thioether (sulfide) groups is 1. The smallest absolute Gasteiger partial charge is 0.262 e. The maximum absolute atomic E-state index is 13.1. The van der Waals surface area contributed by atoms with E-state index in [-0.39, 0.29) is 23.8 Å². The van der Waals surface area contributed by atoms with Crippen LogP contribution < -0.4 is 10.5 Å². The second-order valence-corrected chi connectivity index (χ2v) is 8.04.